The van der Waals surface area contributed by atoms with Crippen LogP contribution in [-0.2, 0) is 9.59 Å². The van der Waals surface area contributed by atoms with Gasteiger partial charge in [0, 0.05) is 31.1 Å². The second-order valence-electron chi connectivity index (χ2n) is 7.38. The SMILES string of the molecule is COc1cc(F)ccc1[C@@H](C(=O)O)N1CCC(CCN2CCCC2=O)CC1. The predicted octanol–water partition coefficient (Wildman–Crippen LogP) is 2.68. The molecule has 6 nitrogen and oxygen atoms in total. The molecular formula is C20H27FN2O4. The fourth-order valence-electron chi connectivity index (χ4n) is 4.18. The molecule has 2 fully saturated rings. The normalized spacial score (nSPS) is 20.1. The third-order valence-corrected chi connectivity index (χ3v) is 5.72. The summed E-state index contributed by atoms with van der Waals surface area (Å²) in [5.74, 6) is -0.394. The first kappa shape index (κ1) is 19.6. The number of amides is 1. The first-order chi connectivity index (χ1) is 13.0. The second kappa shape index (κ2) is 8.69. The van der Waals surface area contributed by atoms with Crippen LogP contribution in [0.5, 0.6) is 5.75 Å². The summed E-state index contributed by atoms with van der Waals surface area (Å²) in [6.07, 6.45) is 4.39. The summed E-state index contributed by atoms with van der Waals surface area (Å²) in [7, 11) is 1.42. The van der Waals surface area contributed by atoms with Crippen LogP contribution in [0.25, 0.3) is 0 Å². The molecule has 0 spiro atoms. The highest BCUT2D eigenvalue weighted by Gasteiger charge is 2.33. The Morgan fingerprint density at radius 3 is 2.67 bits per heavy atom. The van der Waals surface area contributed by atoms with E-state index in [0.29, 0.717) is 31.0 Å². The molecular weight excluding hydrogens is 351 g/mol. The third-order valence-electron chi connectivity index (χ3n) is 5.72. The number of benzene rings is 1. The lowest BCUT2D eigenvalue weighted by Crippen LogP contribution is -2.41. The lowest BCUT2D eigenvalue weighted by Gasteiger charge is -2.36. The van der Waals surface area contributed by atoms with Crippen LogP contribution in [-0.4, -0.2) is 60.1 Å². The minimum Gasteiger partial charge on any atom is -0.496 e. The number of likely N-dealkylation sites (tertiary alicyclic amines) is 2. The molecule has 0 aromatic heterocycles. The van der Waals surface area contributed by atoms with E-state index in [1.54, 1.807) is 0 Å². The van der Waals surface area contributed by atoms with Gasteiger partial charge in [-0.1, -0.05) is 6.07 Å². The first-order valence-corrected chi connectivity index (χ1v) is 9.57. The minimum absolute atomic E-state index is 0.252. The number of hydrogen-bond donors (Lipinski definition) is 1. The van der Waals surface area contributed by atoms with Crippen LogP contribution in [0.15, 0.2) is 18.2 Å². The van der Waals surface area contributed by atoms with Crippen molar-refractivity contribution in [1.29, 1.82) is 0 Å². The van der Waals surface area contributed by atoms with E-state index in [0.717, 1.165) is 38.8 Å². The van der Waals surface area contributed by atoms with Crippen molar-refractivity contribution in [2.45, 2.75) is 38.1 Å². The summed E-state index contributed by atoms with van der Waals surface area (Å²) >= 11 is 0. The van der Waals surface area contributed by atoms with Crippen molar-refractivity contribution >= 4 is 11.9 Å². The van der Waals surface area contributed by atoms with Crippen LogP contribution in [0.1, 0.15) is 43.7 Å². The highest BCUT2D eigenvalue weighted by Crippen LogP contribution is 2.34. The zero-order chi connectivity index (χ0) is 19.4. The first-order valence-electron chi connectivity index (χ1n) is 9.57. The Bertz CT molecular complexity index is 689. The maximum Gasteiger partial charge on any atom is 0.325 e. The number of carboxylic acid groups (broad SMARTS) is 1. The topological polar surface area (TPSA) is 70.1 Å². The smallest absolute Gasteiger partial charge is 0.325 e. The summed E-state index contributed by atoms with van der Waals surface area (Å²) in [6, 6.07) is 3.15. The van der Waals surface area contributed by atoms with Gasteiger partial charge in [0.05, 0.1) is 7.11 Å². The van der Waals surface area contributed by atoms with Gasteiger partial charge in [-0.2, -0.15) is 0 Å². The highest BCUT2D eigenvalue weighted by molar-refractivity contribution is 5.78. The number of carbonyl (C=O) groups excluding carboxylic acids is 1. The predicted molar refractivity (Wildman–Crippen MR) is 98.1 cm³/mol. The second-order valence-corrected chi connectivity index (χ2v) is 7.38. The summed E-state index contributed by atoms with van der Waals surface area (Å²) in [5, 5.41) is 9.78. The fourth-order valence-corrected chi connectivity index (χ4v) is 4.18. The fraction of sp³-hybridized carbons (Fsp3) is 0.600. The Kier molecular flexibility index (Phi) is 6.31. The van der Waals surface area contributed by atoms with E-state index in [1.165, 1.54) is 25.3 Å². The molecule has 2 saturated heterocycles. The van der Waals surface area contributed by atoms with Crippen molar-refractivity contribution in [1.82, 2.24) is 9.80 Å². The van der Waals surface area contributed by atoms with Crippen LogP contribution in [0.4, 0.5) is 4.39 Å². The van der Waals surface area contributed by atoms with Crippen molar-refractivity contribution < 1.29 is 23.8 Å². The average molecular weight is 378 g/mol. The molecule has 2 aliphatic heterocycles. The molecule has 1 aromatic rings. The molecule has 2 aliphatic rings. The van der Waals surface area contributed by atoms with E-state index in [9.17, 15) is 19.1 Å². The van der Waals surface area contributed by atoms with Crippen LogP contribution in [0.2, 0.25) is 0 Å². The molecule has 3 rings (SSSR count). The Morgan fingerprint density at radius 1 is 1.33 bits per heavy atom. The Hall–Kier alpha value is -2.15. The number of carboxylic acids is 1. The van der Waals surface area contributed by atoms with Crippen molar-refractivity contribution in [3.63, 3.8) is 0 Å². The minimum atomic E-state index is -0.957. The Labute approximate surface area is 158 Å². The number of ether oxygens (including phenoxy) is 1. The molecule has 7 heteroatoms. The lowest BCUT2D eigenvalue weighted by molar-refractivity contribution is -0.144. The van der Waals surface area contributed by atoms with Crippen molar-refractivity contribution in [3.8, 4) is 5.75 Å². The largest absolute Gasteiger partial charge is 0.496 e. The summed E-state index contributed by atoms with van der Waals surface area (Å²) in [6.45, 7) is 2.99. The van der Waals surface area contributed by atoms with E-state index in [4.69, 9.17) is 4.74 Å². The molecule has 148 valence electrons. The number of carbonyl (C=O) groups is 2. The number of methoxy groups -OCH3 is 1. The quantitative estimate of drug-likeness (QED) is 0.790. The van der Waals surface area contributed by atoms with Crippen molar-refractivity contribution in [2.24, 2.45) is 5.92 Å². The maximum atomic E-state index is 13.5. The van der Waals surface area contributed by atoms with Gasteiger partial charge in [-0.15, -0.1) is 0 Å². The molecule has 1 N–H and O–H groups in total. The Morgan fingerprint density at radius 2 is 2.07 bits per heavy atom. The van der Waals surface area contributed by atoms with Gasteiger partial charge in [0.2, 0.25) is 5.91 Å². The summed E-state index contributed by atoms with van der Waals surface area (Å²) in [5.41, 5.74) is 0.479. The van der Waals surface area contributed by atoms with E-state index >= 15 is 0 Å². The van der Waals surface area contributed by atoms with Gasteiger partial charge in [0.1, 0.15) is 17.6 Å². The van der Waals surface area contributed by atoms with Gasteiger partial charge >= 0.3 is 5.97 Å². The zero-order valence-corrected chi connectivity index (χ0v) is 15.7. The van der Waals surface area contributed by atoms with Crippen LogP contribution < -0.4 is 4.74 Å². The lowest BCUT2D eigenvalue weighted by atomic mass is 9.91. The summed E-state index contributed by atoms with van der Waals surface area (Å²) < 4.78 is 18.7. The molecule has 0 radical (unpaired) electrons. The molecule has 1 amide bonds. The highest BCUT2D eigenvalue weighted by atomic mass is 19.1. The van der Waals surface area contributed by atoms with Crippen LogP contribution >= 0.6 is 0 Å². The number of halogens is 1. The standard InChI is InChI=1S/C20H27FN2O4/c1-27-17-13-15(21)4-5-16(17)19(20(25)26)23-11-7-14(8-12-23)6-10-22-9-2-3-18(22)24/h4-5,13-14,19H,2-3,6-12H2,1H3,(H,25,26)/t19-/m0/s1. The molecule has 0 bridgehead atoms. The number of nitrogens with zero attached hydrogens (tertiary/aromatic N) is 2. The van der Waals surface area contributed by atoms with E-state index in [2.05, 4.69) is 0 Å². The zero-order valence-electron chi connectivity index (χ0n) is 15.7. The number of rotatable bonds is 7. The van der Waals surface area contributed by atoms with Crippen molar-refractivity contribution in [2.75, 3.05) is 33.3 Å². The average Bonchev–Trinajstić information content (AvgIpc) is 3.07. The van der Waals surface area contributed by atoms with Gasteiger partial charge in [0.25, 0.3) is 0 Å². The number of aliphatic carboxylic acids is 1. The van der Waals surface area contributed by atoms with Gasteiger partial charge in [-0.3, -0.25) is 14.5 Å². The molecule has 2 heterocycles. The molecule has 0 saturated carbocycles. The number of piperidine rings is 1. The van der Waals surface area contributed by atoms with Gasteiger partial charge in [0.15, 0.2) is 0 Å². The van der Waals surface area contributed by atoms with E-state index in [-0.39, 0.29) is 11.7 Å². The van der Waals surface area contributed by atoms with Gasteiger partial charge < -0.3 is 14.7 Å². The number of hydrogen-bond acceptors (Lipinski definition) is 4. The maximum absolute atomic E-state index is 13.5. The van der Waals surface area contributed by atoms with Gasteiger partial charge in [-0.05, 0) is 50.8 Å². The molecule has 0 unspecified atom stereocenters. The molecule has 1 aromatic carbocycles. The van der Waals surface area contributed by atoms with Gasteiger partial charge in [-0.25, -0.2) is 4.39 Å². The van der Waals surface area contributed by atoms with Crippen LogP contribution in [0.3, 0.4) is 0 Å². The Balaban J connectivity index is 1.60. The summed E-state index contributed by atoms with van der Waals surface area (Å²) in [4.78, 5) is 27.5. The van der Waals surface area contributed by atoms with E-state index < -0.39 is 17.8 Å². The van der Waals surface area contributed by atoms with E-state index in [1.807, 2.05) is 9.80 Å². The molecule has 1 atom stereocenters. The molecule has 27 heavy (non-hydrogen) atoms. The van der Waals surface area contributed by atoms with Crippen LogP contribution in [0, 0.1) is 11.7 Å². The third kappa shape index (κ3) is 4.58. The monoisotopic (exact) mass is 378 g/mol. The van der Waals surface area contributed by atoms with Crippen molar-refractivity contribution in [3.05, 3.63) is 29.6 Å². The molecule has 0 aliphatic carbocycles.